The molecule has 2 nitrogen and oxygen atoms in total. The molecule has 2 rings (SSSR count). The Morgan fingerprint density at radius 3 is 2.83 bits per heavy atom. The van der Waals surface area contributed by atoms with Crippen molar-refractivity contribution in [2.24, 2.45) is 11.7 Å². The van der Waals surface area contributed by atoms with Crippen LogP contribution in [0.4, 0.5) is 8.78 Å². The van der Waals surface area contributed by atoms with Crippen molar-refractivity contribution >= 4 is 0 Å². The van der Waals surface area contributed by atoms with Gasteiger partial charge in [-0.1, -0.05) is 13.0 Å². The van der Waals surface area contributed by atoms with Gasteiger partial charge in [-0.3, -0.25) is 0 Å². The molecule has 18 heavy (non-hydrogen) atoms. The summed E-state index contributed by atoms with van der Waals surface area (Å²) in [5, 5.41) is 0. The highest BCUT2D eigenvalue weighted by Crippen LogP contribution is 2.35. The number of hydrogen-bond acceptors (Lipinski definition) is 2. The maximum absolute atomic E-state index is 14.0. The lowest BCUT2D eigenvalue weighted by atomic mass is 9.86. The lowest BCUT2D eigenvalue weighted by molar-refractivity contribution is 0.0807. The van der Waals surface area contributed by atoms with E-state index in [-0.39, 0.29) is 17.6 Å². The highest BCUT2D eigenvalue weighted by atomic mass is 19.1. The summed E-state index contributed by atoms with van der Waals surface area (Å²) in [5.74, 6) is -1.10. The molecule has 1 aliphatic rings. The molecule has 2 N–H and O–H groups in total. The van der Waals surface area contributed by atoms with Gasteiger partial charge < -0.3 is 10.5 Å². The van der Waals surface area contributed by atoms with Gasteiger partial charge in [0.1, 0.15) is 11.6 Å². The summed E-state index contributed by atoms with van der Waals surface area (Å²) in [6.45, 7) is 4.23. The summed E-state index contributed by atoms with van der Waals surface area (Å²) in [6.07, 6.45) is 1.57. The normalized spacial score (nSPS) is 25.4. The van der Waals surface area contributed by atoms with E-state index in [0.29, 0.717) is 12.2 Å². The van der Waals surface area contributed by atoms with Gasteiger partial charge in [0.25, 0.3) is 0 Å². The number of nitrogens with two attached hydrogens (primary N) is 1. The van der Waals surface area contributed by atoms with Crippen LogP contribution in [0, 0.1) is 24.5 Å². The van der Waals surface area contributed by atoms with Gasteiger partial charge in [-0.2, -0.15) is 0 Å². The van der Waals surface area contributed by atoms with Crippen LogP contribution in [0.5, 0.6) is 0 Å². The molecule has 0 spiro atoms. The third-order valence-corrected chi connectivity index (χ3v) is 3.78. The van der Waals surface area contributed by atoms with Crippen LogP contribution < -0.4 is 5.73 Å². The Balaban J connectivity index is 2.34. The number of ether oxygens (including phenoxy) is 1. The van der Waals surface area contributed by atoms with E-state index in [2.05, 4.69) is 0 Å². The fourth-order valence-corrected chi connectivity index (χ4v) is 2.69. The summed E-state index contributed by atoms with van der Waals surface area (Å²) in [5.41, 5.74) is 6.51. The Labute approximate surface area is 106 Å². The molecule has 0 saturated carbocycles. The first kappa shape index (κ1) is 13.4. The second-order valence-electron chi connectivity index (χ2n) is 4.89. The molecule has 1 fully saturated rings. The molecule has 1 aromatic carbocycles. The second kappa shape index (κ2) is 5.33. The van der Waals surface area contributed by atoms with Gasteiger partial charge in [0, 0.05) is 24.1 Å². The summed E-state index contributed by atoms with van der Waals surface area (Å²) in [6, 6.07) is 2.07. The lowest BCUT2D eigenvalue weighted by Crippen LogP contribution is -2.29. The van der Waals surface area contributed by atoms with Crippen molar-refractivity contribution in [3.63, 3.8) is 0 Å². The maximum Gasteiger partial charge on any atom is 0.133 e. The zero-order valence-electron chi connectivity index (χ0n) is 10.7. The molecule has 1 aromatic rings. The number of benzene rings is 1. The number of halogens is 2. The van der Waals surface area contributed by atoms with E-state index in [9.17, 15) is 8.78 Å². The van der Waals surface area contributed by atoms with E-state index >= 15 is 0 Å². The number of hydrogen-bond donors (Lipinski definition) is 1. The Morgan fingerprint density at radius 1 is 1.44 bits per heavy atom. The first-order chi connectivity index (χ1) is 8.56. The zero-order valence-corrected chi connectivity index (χ0v) is 10.7. The largest absolute Gasteiger partial charge is 0.378 e. The standard InChI is InChI=1S/C14H19F2NO/c1-3-11-9(6-7-18-11)14(17)12-10(15)5-4-8(2)13(12)16/h4-5,9,11,14H,3,6-7,17H2,1-2H3. The molecular formula is C14H19F2NO. The summed E-state index contributed by atoms with van der Waals surface area (Å²) >= 11 is 0. The van der Waals surface area contributed by atoms with Crippen molar-refractivity contribution in [3.8, 4) is 0 Å². The van der Waals surface area contributed by atoms with Gasteiger partial charge in [0.05, 0.1) is 6.10 Å². The van der Waals surface area contributed by atoms with Crippen LogP contribution in [0.1, 0.15) is 36.9 Å². The smallest absolute Gasteiger partial charge is 0.133 e. The molecule has 4 heteroatoms. The Bertz CT molecular complexity index is 436. The molecular weight excluding hydrogens is 236 g/mol. The molecule has 1 saturated heterocycles. The Morgan fingerprint density at radius 2 is 2.17 bits per heavy atom. The van der Waals surface area contributed by atoms with E-state index in [1.54, 1.807) is 6.92 Å². The minimum absolute atomic E-state index is 0.000637. The van der Waals surface area contributed by atoms with Gasteiger partial charge in [-0.05, 0) is 31.4 Å². The average molecular weight is 255 g/mol. The van der Waals surface area contributed by atoms with Crippen molar-refractivity contribution in [1.29, 1.82) is 0 Å². The van der Waals surface area contributed by atoms with E-state index in [1.807, 2.05) is 6.92 Å². The molecule has 3 atom stereocenters. The van der Waals surface area contributed by atoms with Crippen LogP contribution >= 0.6 is 0 Å². The predicted molar refractivity (Wildman–Crippen MR) is 66.2 cm³/mol. The summed E-state index contributed by atoms with van der Waals surface area (Å²) < 4.78 is 33.4. The molecule has 100 valence electrons. The van der Waals surface area contributed by atoms with Gasteiger partial charge in [0.2, 0.25) is 0 Å². The van der Waals surface area contributed by atoms with E-state index in [0.717, 1.165) is 12.8 Å². The first-order valence-corrected chi connectivity index (χ1v) is 6.38. The topological polar surface area (TPSA) is 35.2 Å². The minimum atomic E-state index is -0.641. The average Bonchev–Trinajstić information content (AvgIpc) is 2.82. The molecule has 3 unspecified atom stereocenters. The van der Waals surface area contributed by atoms with Gasteiger partial charge in [-0.15, -0.1) is 0 Å². The van der Waals surface area contributed by atoms with Crippen molar-refractivity contribution in [1.82, 2.24) is 0 Å². The van der Waals surface area contributed by atoms with Crippen molar-refractivity contribution < 1.29 is 13.5 Å². The molecule has 1 aliphatic heterocycles. The van der Waals surface area contributed by atoms with Crippen LogP contribution in [0.3, 0.4) is 0 Å². The van der Waals surface area contributed by atoms with Crippen molar-refractivity contribution in [2.45, 2.75) is 38.8 Å². The fourth-order valence-electron chi connectivity index (χ4n) is 2.69. The second-order valence-corrected chi connectivity index (χ2v) is 4.89. The van der Waals surface area contributed by atoms with E-state index in [4.69, 9.17) is 10.5 Å². The maximum atomic E-state index is 14.0. The van der Waals surface area contributed by atoms with E-state index < -0.39 is 17.7 Å². The van der Waals surface area contributed by atoms with Crippen molar-refractivity contribution in [3.05, 3.63) is 34.9 Å². The third-order valence-electron chi connectivity index (χ3n) is 3.78. The molecule has 0 amide bonds. The minimum Gasteiger partial charge on any atom is -0.378 e. The van der Waals surface area contributed by atoms with Gasteiger partial charge in [0.15, 0.2) is 0 Å². The molecule has 0 radical (unpaired) electrons. The fraction of sp³-hybridized carbons (Fsp3) is 0.571. The Hall–Kier alpha value is -1.00. The molecule has 0 bridgehead atoms. The number of aryl methyl sites for hydroxylation is 1. The molecule has 0 aromatic heterocycles. The predicted octanol–water partition coefficient (Wildman–Crippen LogP) is 3.09. The van der Waals surface area contributed by atoms with Crippen molar-refractivity contribution in [2.75, 3.05) is 6.61 Å². The van der Waals surface area contributed by atoms with Crippen LogP contribution in [-0.4, -0.2) is 12.7 Å². The van der Waals surface area contributed by atoms with E-state index in [1.165, 1.54) is 12.1 Å². The molecule has 1 heterocycles. The molecule has 0 aliphatic carbocycles. The summed E-state index contributed by atoms with van der Waals surface area (Å²) in [4.78, 5) is 0. The highest BCUT2D eigenvalue weighted by Gasteiger charge is 2.35. The zero-order chi connectivity index (χ0) is 13.3. The highest BCUT2D eigenvalue weighted by molar-refractivity contribution is 5.29. The number of rotatable bonds is 3. The van der Waals surface area contributed by atoms with Crippen LogP contribution in [-0.2, 0) is 4.74 Å². The van der Waals surface area contributed by atoms with Crippen LogP contribution in [0.2, 0.25) is 0 Å². The van der Waals surface area contributed by atoms with Crippen LogP contribution in [0.15, 0.2) is 12.1 Å². The van der Waals surface area contributed by atoms with Gasteiger partial charge in [-0.25, -0.2) is 8.78 Å². The third kappa shape index (κ3) is 2.27. The lowest BCUT2D eigenvalue weighted by Gasteiger charge is -2.25. The van der Waals surface area contributed by atoms with Crippen LogP contribution in [0.25, 0.3) is 0 Å². The SMILES string of the molecule is CCC1OCCC1C(N)c1c(F)ccc(C)c1F. The Kier molecular flexibility index (Phi) is 3.97. The van der Waals surface area contributed by atoms with Gasteiger partial charge >= 0.3 is 0 Å². The quantitative estimate of drug-likeness (QED) is 0.900. The summed E-state index contributed by atoms with van der Waals surface area (Å²) in [7, 11) is 0. The first-order valence-electron chi connectivity index (χ1n) is 6.38. The monoisotopic (exact) mass is 255 g/mol.